The molecule has 0 saturated carbocycles. The van der Waals surface area contributed by atoms with Gasteiger partial charge in [-0.05, 0) is 64.2 Å². The van der Waals surface area contributed by atoms with Crippen molar-refractivity contribution in [2.24, 2.45) is 0 Å². The van der Waals surface area contributed by atoms with Gasteiger partial charge in [0.1, 0.15) is 0 Å². The highest BCUT2D eigenvalue weighted by atomic mass is 79.9. The lowest BCUT2D eigenvalue weighted by molar-refractivity contribution is 0.243. The summed E-state index contributed by atoms with van der Waals surface area (Å²) in [5, 5.41) is 3.33. The molecule has 2 aromatic heterocycles. The van der Waals surface area contributed by atoms with Crippen LogP contribution in [0.3, 0.4) is 0 Å². The topological polar surface area (TPSA) is 41.1 Å². The molecule has 0 saturated heterocycles. The standard InChI is InChI=1S/C20H21BrN4S/c1-2-14-3-5-16(6-4-14)23-20-22-11-15-9-10-25(13-18(15)24-20)12-17-7-8-19(21)26-17/h3-8,11H,2,9-10,12-13H2,1H3,(H,22,23,24). The van der Waals surface area contributed by atoms with Gasteiger partial charge in [-0.1, -0.05) is 19.1 Å². The van der Waals surface area contributed by atoms with Crippen LogP contribution in [0.2, 0.25) is 0 Å². The van der Waals surface area contributed by atoms with Gasteiger partial charge in [0.2, 0.25) is 5.95 Å². The summed E-state index contributed by atoms with van der Waals surface area (Å²) in [6, 6.07) is 12.8. The molecule has 0 amide bonds. The Hall–Kier alpha value is -1.76. The third-order valence-corrected chi connectivity index (χ3v) is 6.26. The van der Waals surface area contributed by atoms with Gasteiger partial charge in [0.05, 0.1) is 9.48 Å². The number of hydrogen-bond donors (Lipinski definition) is 1. The molecular formula is C20H21BrN4S. The van der Waals surface area contributed by atoms with Crippen molar-refractivity contribution in [2.45, 2.75) is 32.9 Å². The molecule has 4 rings (SSSR count). The molecule has 1 N–H and O–H groups in total. The van der Waals surface area contributed by atoms with Gasteiger partial charge in [-0.2, -0.15) is 0 Å². The van der Waals surface area contributed by atoms with Crippen molar-refractivity contribution in [2.75, 3.05) is 11.9 Å². The summed E-state index contributed by atoms with van der Waals surface area (Å²) in [4.78, 5) is 13.1. The molecule has 26 heavy (non-hydrogen) atoms. The van der Waals surface area contributed by atoms with Gasteiger partial charge >= 0.3 is 0 Å². The maximum Gasteiger partial charge on any atom is 0.227 e. The molecule has 0 bridgehead atoms. The Morgan fingerprint density at radius 2 is 2.04 bits per heavy atom. The zero-order valence-corrected chi connectivity index (χ0v) is 17.1. The van der Waals surface area contributed by atoms with Crippen molar-refractivity contribution in [1.82, 2.24) is 14.9 Å². The van der Waals surface area contributed by atoms with E-state index in [2.05, 4.69) is 74.5 Å². The molecular weight excluding hydrogens is 408 g/mol. The molecule has 1 aromatic carbocycles. The number of aryl methyl sites for hydroxylation is 1. The summed E-state index contributed by atoms with van der Waals surface area (Å²) in [5.74, 6) is 0.675. The highest BCUT2D eigenvalue weighted by Gasteiger charge is 2.19. The van der Waals surface area contributed by atoms with E-state index in [1.807, 2.05) is 6.20 Å². The molecule has 0 atom stereocenters. The maximum absolute atomic E-state index is 4.78. The fraction of sp³-hybridized carbons (Fsp3) is 0.300. The lowest BCUT2D eigenvalue weighted by Crippen LogP contribution is -2.30. The van der Waals surface area contributed by atoms with E-state index in [0.717, 1.165) is 43.9 Å². The summed E-state index contributed by atoms with van der Waals surface area (Å²) >= 11 is 5.34. The third-order valence-electron chi connectivity index (χ3n) is 4.65. The Labute approximate surface area is 166 Å². The molecule has 1 aliphatic heterocycles. The van der Waals surface area contributed by atoms with Crippen LogP contribution in [0.4, 0.5) is 11.6 Å². The van der Waals surface area contributed by atoms with Crippen molar-refractivity contribution < 1.29 is 0 Å². The number of nitrogens with one attached hydrogen (secondary N) is 1. The summed E-state index contributed by atoms with van der Waals surface area (Å²) in [6.07, 6.45) is 4.03. The Morgan fingerprint density at radius 1 is 1.19 bits per heavy atom. The largest absolute Gasteiger partial charge is 0.324 e. The van der Waals surface area contributed by atoms with Crippen molar-refractivity contribution in [1.29, 1.82) is 0 Å². The first kappa shape index (κ1) is 17.6. The number of anilines is 2. The van der Waals surface area contributed by atoms with E-state index in [4.69, 9.17) is 4.98 Å². The molecule has 134 valence electrons. The quantitative estimate of drug-likeness (QED) is 0.608. The smallest absolute Gasteiger partial charge is 0.227 e. The molecule has 6 heteroatoms. The molecule has 0 unspecified atom stereocenters. The molecule has 4 nitrogen and oxygen atoms in total. The van der Waals surface area contributed by atoms with Crippen LogP contribution in [0, 0.1) is 0 Å². The number of fused-ring (bicyclic) bond motifs is 1. The average molecular weight is 429 g/mol. The maximum atomic E-state index is 4.78. The van der Waals surface area contributed by atoms with E-state index < -0.39 is 0 Å². The summed E-state index contributed by atoms with van der Waals surface area (Å²) in [5.41, 5.74) is 4.76. The van der Waals surface area contributed by atoms with Gasteiger partial charge in [-0.15, -0.1) is 11.3 Å². The Kier molecular flexibility index (Phi) is 5.33. The summed E-state index contributed by atoms with van der Waals surface area (Å²) in [7, 11) is 0. The van der Waals surface area contributed by atoms with Gasteiger partial charge in [0.25, 0.3) is 0 Å². The lowest BCUT2D eigenvalue weighted by atomic mass is 10.1. The van der Waals surface area contributed by atoms with E-state index in [0.29, 0.717) is 5.95 Å². The van der Waals surface area contributed by atoms with E-state index in [1.54, 1.807) is 11.3 Å². The van der Waals surface area contributed by atoms with Crippen LogP contribution in [-0.2, 0) is 25.9 Å². The Morgan fingerprint density at radius 3 is 2.77 bits per heavy atom. The van der Waals surface area contributed by atoms with E-state index in [9.17, 15) is 0 Å². The zero-order chi connectivity index (χ0) is 17.9. The van der Waals surface area contributed by atoms with Gasteiger partial charge in [0, 0.05) is 36.4 Å². The van der Waals surface area contributed by atoms with Crippen LogP contribution in [0.15, 0.2) is 46.4 Å². The van der Waals surface area contributed by atoms with Gasteiger partial charge in [0.15, 0.2) is 0 Å². The minimum absolute atomic E-state index is 0.675. The summed E-state index contributed by atoms with van der Waals surface area (Å²) < 4.78 is 1.19. The van der Waals surface area contributed by atoms with Crippen molar-refractivity contribution in [3.63, 3.8) is 0 Å². The van der Waals surface area contributed by atoms with Gasteiger partial charge in [-0.25, -0.2) is 9.97 Å². The number of halogens is 1. The zero-order valence-electron chi connectivity index (χ0n) is 14.7. The monoisotopic (exact) mass is 428 g/mol. The molecule has 3 aromatic rings. The van der Waals surface area contributed by atoms with E-state index in [1.165, 1.54) is 19.8 Å². The summed E-state index contributed by atoms with van der Waals surface area (Å²) in [6.45, 7) is 5.06. The van der Waals surface area contributed by atoms with Crippen LogP contribution in [0.1, 0.15) is 28.6 Å². The fourth-order valence-corrected chi connectivity index (χ4v) is 4.69. The first-order valence-corrected chi connectivity index (χ1v) is 10.5. The molecule has 0 spiro atoms. The van der Waals surface area contributed by atoms with Crippen LogP contribution in [0.25, 0.3) is 0 Å². The average Bonchev–Trinajstić information content (AvgIpc) is 3.07. The SMILES string of the molecule is CCc1ccc(Nc2ncc3c(n2)CN(Cc2ccc(Br)s2)CC3)cc1. The van der Waals surface area contributed by atoms with Crippen LogP contribution < -0.4 is 5.32 Å². The first-order valence-electron chi connectivity index (χ1n) is 8.87. The van der Waals surface area contributed by atoms with Gasteiger partial charge in [-0.3, -0.25) is 4.90 Å². The Balaban J connectivity index is 1.46. The van der Waals surface area contributed by atoms with E-state index in [-0.39, 0.29) is 0 Å². The molecule has 0 radical (unpaired) electrons. The Bertz CT molecular complexity index is 891. The number of hydrogen-bond acceptors (Lipinski definition) is 5. The number of benzene rings is 1. The molecule has 1 aliphatic rings. The van der Waals surface area contributed by atoms with Crippen molar-refractivity contribution in [3.8, 4) is 0 Å². The second-order valence-electron chi connectivity index (χ2n) is 6.51. The number of rotatable bonds is 5. The number of thiophene rings is 1. The fourth-order valence-electron chi connectivity index (χ4n) is 3.16. The third kappa shape index (κ3) is 4.14. The minimum Gasteiger partial charge on any atom is -0.324 e. The predicted octanol–water partition coefficient (Wildman–Crippen LogP) is 5.16. The van der Waals surface area contributed by atoms with Crippen LogP contribution in [0.5, 0.6) is 0 Å². The van der Waals surface area contributed by atoms with Crippen LogP contribution >= 0.6 is 27.3 Å². The first-order chi connectivity index (χ1) is 12.7. The second kappa shape index (κ2) is 7.86. The van der Waals surface area contributed by atoms with Gasteiger partial charge < -0.3 is 5.32 Å². The van der Waals surface area contributed by atoms with Crippen LogP contribution in [-0.4, -0.2) is 21.4 Å². The van der Waals surface area contributed by atoms with Crippen molar-refractivity contribution >= 4 is 38.9 Å². The molecule has 0 aliphatic carbocycles. The van der Waals surface area contributed by atoms with E-state index >= 15 is 0 Å². The second-order valence-corrected chi connectivity index (χ2v) is 9.06. The highest BCUT2D eigenvalue weighted by molar-refractivity contribution is 9.11. The minimum atomic E-state index is 0.675. The molecule has 0 fully saturated rings. The number of aromatic nitrogens is 2. The lowest BCUT2D eigenvalue weighted by Gasteiger charge is -2.27. The highest BCUT2D eigenvalue weighted by Crippen LogP contribution is 2.26. The number of nitrogens with zero attached hydrogens (tertiary/aromatic N) is 3. The predicted molar refractivity (Wildman–Crippen MR) is 111 cm³/mol. The molecule has 3 heterocycles. The van der Waals surface area contributed by atoms with Crippen molar-refractivity contribution in [3.05, 3.63) is 68.1 Å². The normalized spacial score (nSPS) is 14.2.